The molecule has 1 aliphatic heterocycles. The number of amides is 2. The van der Waals surface area contributed by atoms with Gasteiger partial charge < -0.3 is 20.3 Å². The van der Waals surface area contributed by atoms with E-state index in [0.29, 0.717) is 25.4 Å². The summed E-state index contributed by atoms with van der Waals surface area (Å²) in [6.07, 6.45) is 0. The van der Waals surface area contributed by atoms with Crippen molar-refractivity contribution in [3.63, 3.8) is 0 Å². The Balaban J connectivity index is 1.66. The van der Waals surface area contributed by atoms with Gasteiger partial charge in [-0.1, -0.05) is 42.5 Å². The number of ether oxygens (including phenoxy) is 1. The van der Waals surface area contributed by atoms with E-state index in [-0.39, 0.29) is 11.8 Å². The van der Waals surface area contributed by atoms with Crippen LogP contribution in [0.5, 0.6) is 0 Å². The highest BCUT2D eigenvalue weighted by atomic mass is 16.5. The third-order valence-corrected chi connectivity index (χ3v) is 4.94. The molecule has 2 N–H and O–H groups in total. The van der Waals surface area contributed by atoms with E-state index >= 15 is 0 Å². The van der Waals surface area contributed by atoms with Crippen molar-refractivity contribution in [1.82, 2.24) is 5.32 Å². The van der Waals surface area contributed by atoms with Gasteiger partial charge in [-0.05, 0) is 31.5 Å². The predicted octanol–water partition coefficient (Wildman–Crippen LogP) is 2.80. The third-order valence-electron chi connectivity index (χ3n) is 4.94. The van der Waals surface area contributed by atoms with E-state index in [1.807, 2.05) is 54.6 Å². The maximum atomic E-state index is 12.9. The van der Waals surface area contributed by atoms with Crippen LogP contribution in [0.1, 0.15) is 19.4 Å². The summed E-state index contributed by atoms with van der Waals surface area (Å²) in [5.74, 6) is -0.642. The minimum absolute atomic E-state index is 0.308. The minimum atomic E-state index is -1.20. The largest absolute Gasteiger partial charge is 0.378 e. The summed E-state index contributed by atoms with van der Waals surface area (Å²) in [4.78, 5) is 27.7. The predicted molar refractivity (Wildman–Crippen MR) is 110 cm³/mol. The second-order valence-corrected chi connectivity index (χ2v) is 7.36. The topological polar surface area (TPSA) is 70.7 Å². The fourth-order valence-corrected chi connectivity index (χ4v) is 3.04. The molecule has 148 valence electrons. The number of morpholine rings is 1. The molecule has 28 heavy (non-hydrogen) atoms. The zero-order valence-corrected chi connectivity index (χ0v) is 16.4. The van der Waals surface area contributed by atoms with Crippen LogP contribution in [0.4, 0.5) is 11.4 Å². The normalized spacial score (nSPS) is 14.4. The molecule has 6 heteroatoms. The lowest BCUT2D eigenvalue weighted by Crippen LogP contribution is -2.45. The molecule has 6 nitrogen and oxygen atoms in total. The highest BCUT2D eigenvalue weighted by Gasteiger charge is 2.36. The van der Waals surface area contributed by atoms with Crippen molar-refractivity contribution in [2.45, 2.75) is 20.4 Å². The summed E-state index contributed by atoms with van der Waals surface area (Å²) >= 11 is 0. The summed E-state index contributed by atoms with van der Waals surface area (Å²) in [5, 5.41) is 5.80. The molecule has 0 aliphatic carbocycles. The zero-order valence-electron chi connectivity index (χ0n) is 16.4. The molecule has 0 aromatic heterocycles. The number of hydrogen-bond acceptors (Lipinski definition) is 4. The summed E-state index contributed by atoms with van der Waals surface area (Å²) in [6, 6.07) is 17.3. The van der Waals surface area contributed by atoms with Crippen molar-refractivity contribution in [3.05, 3.63) is 60.2 Å². The molecule has 2 aromatic rings. The molecule has 0 bridgehead atoms. The fraction of sp³-hybridized carbons (Fsp3) is 0.364. The Morgan fingerprint density at radius 1 is 0.964 bits per heavy atom. The maximum Gasteiger partial charge on any atom is 0.239 e. The Morgan fingerprint density at radius 3 is 2.32 bits per heavy atom. The molecule has 3 rings (SSSR count). The number of nitrogens with one attached hydrogen (secondary N) is 2. The molecular formula is C22H27N3O3. The fourth-order valence-electron chi connectivity index (χ4n) is 3.04. The Bertz CT molecular complexity index is 815. The Hall–Kier alpha value is -2.86. The number of rotatable bonds is 6. The highest BCUT2D eigenvalue weighted by Crippen LogP contribution is 2.28. The van der Waals surface area contributed by atoms with E-state index in [4.69, 9.17) is 4.74 Å². The van der Waals surface area contributed by atoms with Gasteiger partial charge in [-0.25, -0.2) is 0 Å². The highest BCUT2D eigenvalue weighted by molar-refractivity contribution is 6.10. The average molecular weight is 381 g/mol. The maximum absolute atomic E-state index is 12.9. The van der Waals surface area contributed by atoms with Crippen molar-refractivity contribution in [3.8, 4) is 0 Å². The van der Waals surface area contributed by atoms with Gasteiger partial charge in [0, 0.05) is 19.6 Å². The summed E-state index contributed by atoms with van der Waals surface area (Å²) < 4.78 is 5.41. The molecule has 0 spiro atoms. The molecule has 1 aliphatic rings. The Morgan fingerprint density at radius 2 is 1.61 bits per heavy atom. The molecule has 1 fully saturated rings. The lowest BCUT2D eigenvalue weighted by Gasteiger charge is -2.31. The van der Waals surface area contributed by atoms with E-state index in [2.05, 4.69) is 15.5 Å². The van der Waals surface area contributed by atoms with Crippen molar-refractivity contribution < 1.29 is 14.3 Å². The van der Waals surface area contributed by atoms with E-state index < -0.39 is 5.41 Å². The first kappa shape index (κ1) is 19.9. The average Bonchev–Trinajstić information content (AvgIpc) is 2.73. The van der Waals surface area contributed by atoms with E-state index in [1.54, 1.807) is 13.8 Å². The summed E-state index contributed by atoms with van der Waals surface area (Å²) in [6.45, 7) is 6.54. The standard InChI is InChI=1S/C22H27N3O3/c1-22(2,20(26)23-16-17-8-4-3-5-9-17)21(27)24-18-10-6-7-11-19(18)25-12-14-28-15-13-25/h3-11H,12-16H2,1-2H3,(H,23,26)(H,24,27). The van der Waals surface area contributed by atoms with Crippen molar-refractivity contribution in [1.29, 1.82) is 0 Å². The van der Waals surface area contributed by atoms with Crippen molar-refractivity contribution in [2.24, 2.45) is 5.41 Å². The quantitative estimate of drug-likeness (QED) is 0.755. The SMILES string of the molecule is CC(C)(C(=O)NCc1ccccc1)C(=O)Nc1ccccc1N1CCOCC1. The molecule has 0 unspecified atom stereocenters. The van der Waals surface area contributed by atoms with Gasteiger partial charge in [0.05, 0.1) is 24.6 Å². The smallest absolute Gasteiger partial charge is 0.239 e. The van der Waals surface area contributed by atoms with Crippen LogP contribution in [-0.4, -0.2) is 38.1 Å². The lowest BCUT2D eigenvalue weighted by molar-refractivity contribution is -0.138. The van der Waals surface area contributed by atoms with E-state index in [1.165, 1.54) is 0 Å². The Kier molecular flexibility index (Phi) is 6.31. The van der Waals surface area contributed by atoms with Crippen LogP contribution in [0, 0.1) is 5.41 Å². The van der Waals surface area contributed by atoms with E-state index in [9.17, 15) is 9.59 Å². The second-order valence-electron chi connectivity index (χ2n) is 7.36. The molecule has 0 saturated carbocycles. The first-order valence-corrected chi connectivity index (χ1v) is 9.54. The monoisotopic (exact) mass is 381 g/mol. The van der Waals surface area contributed by atoms with Gasteiger partial charge in [0.15, 0.2) is 0 Å². The van der Waals surface area contributed by atoms with Crippen LogP contribution in [0.25, 0.3) is 0 Å². The van der Waals surface area contributed by atoms with Crippen LogP contribution in [0.15, 0.2) is 54.6 Å². The molecular weight excluding hydrogens is 354 g/mol. The zero-order chi connectivity index (χ0) is 20.0. The van der Waals surface area contributed by atoms with Gasteiger partial charge in [0.2, 0.25) is 11.8 Å². The number of nitrogens with zero attached hydrogens (tertiary/aromatic N) is 1. The van der Waals surface area contributed by atoms with Gasteiger partial charge in [-0.2, -0.15) is 0 Å². The molecule has 0 atom stereocenters. The Labute approximate surface area is 165 Å². The van der Waals surface area contributed by atoms with Crippen molar-refractivity contribution >= 4 is 23.2 Å². The number of para-hydroxylation sites is 2. The molecule has 2 amide bonds. The first-order valence-electron chi connectivity index (χ1n) is 9.54. The lowest BCUT2D eigenvalue weighted by atomic mass is 9.90. The number of carbonyl (C=O) groups is 2. The summed E-state index contributed by atoms with van der Waals surface area (Å²) in [7, 11) is 0. The third kappa shape index (κ3) is 4.70. The van der Waals surface area contributed by atoms with Gasteiger partial charge >= 0.3 is 0 Å². The van der Waals surface area contributed by atoms with Gasteiger partial charge in [-0.3, -0.25) is 9.59 Å². The van der Waals surface area contributed by atoms with Gasteiger partial charge in [-0.15, -0.1) is 0 Å². The second kappa shape index (κ2) is 8.89. The molecule has 1 heterocycles. The van der Waals surface area contributed by atoms with Crippen LogP contribution >= 0.6 is 0 Å². The molecule has 2 aromatic carbocycles. The first-order chi connectivity index (χ1) is 13.5. The van der Waals surface area contributed by atoms with Crippen LogP contribution in [-0.2, 0) is 20.9 Å². The number of carbonyl (C=O) groups excluding carboxylic acids is 2. The van der Waals surface area contributed by atoms with Gasteiger partial charge in [0.25, 0.3) is 0 Å². The summed E-state index contributed by atoms with van der Waals surface area (Å²) in [5.41, 5.74) is 1.44. The molecule has 0 radical (unpaired) electrons. The number of anilines is 2. The van der Waals surface area contributed by atoms with Crippen molar-refractivity contribution in [2.75, 3.05) is 36.5 Å². The number of benzene rings is 2. The molecule has 1 saturated heterocycles. The van der Waals surface area contributed by atoms with Crippen LogP contribution in [0.2, 0.25) is 0 Å². The van der Waals surface area contributed by atoms with E-state index in [0.717, 1.165) is 24.3 Å². The number of hydrogen-bond donors (Lipinski definition) is 2. The van der Waals surface area contributed by atoms with Crippen LogP contribution < -0.4 is 15.5 Å². The minimum Gasteiger partial charge on any atom is -0.378 e. The van der Waals surface area contributed by atoms with Crippen LogP contribution in [0.3, 0.4) is 0 Å². The van der Waals surface area contributed by atoms with Gasteiger partial charge in [0.1, 0.15) is 5.41 Å².